The first-order valence-electron chi connectivity index (χ1n) is 5.51. The Labute approximate surface area is 86.4 Å². The number of hydrogen-bond donors (Lipinski definition) is 2. The van der Waals surface area contributed by atoms with Gasteiger partial charge >= 0.3 is 0 Å². The fraction of sp³-hybridized carbons (Fsp3) is 0.909. The second kappa shape index (κ2) is 4.30. The first-order chi connectivity index (χ1) is 6.51. The van der Waals surface area contributed by atoms with E-state index in [0.29, 0.717) is 6.54 Å². The molecule has 3 N–H and O–H groups in total. The average Bonchev–Trinajstić information content (AvgIpc) is 2.74. The Hall–Kier alpha value is -0.570. The summed E-state index contributed by atoms with van der Waals surface area (Å²) in [5, 5.41) is 3.02. The van der Waals surface area contributed by atoms with Crippen molar-refractivity contribution < 1.29 is 4.79 Å². The van der Waals surface area contributed by atoms with Gasteiger partial charge < -0.3 is 11.1 Å². The Kier molecular flexibility index (Phi) is 3.53. The fourth-order valence-corrected chi connectivity index (χ4v) is 1.81. The van der Waals surface area contributed by atoms with Gasteiger partial charge in [0.1, 0.15) is 0 Å². The summed E-state index contributed by atoms with van der Waals surface area (Å²) in [4.78, 5) is 11.7. The van der Waals surface area contributed by atoms with Crippen molar-refractivity contribution in [3.63, 3.8) is 0 Å². The highest BCUT2D eigenvalue weighted by molar-refractivity contribution is 5.82. The minimum atomic E-state index is 0.170. The molecule has 0 saturated heterocycles. The van der Waals surface area contributed by atoms with E-state index in [4.69, 9.17) is 5.73 Å². The van der Waals surface area contributed by atoms with E-state index in [1.165, 1.54) is 0 Å². The molecule has 3 heteroatoms. The Morgan fingerprint density at radius 3 is 2.57 bits per heavy atom. The van der Waals surface area contributed by atoms with Crippen molar-refractivity contribution >= 4 is 5.91 Å². The molecule has 0 bridgehead atoms. The van der Waals surface area contributed by atoms with Crippen LogP contribution >= 0.6 is 0 Å². The summed E-state index contributed by atoms with van der Waals surface area (Å²) in [5.74, 6) is 0.410. The first-order valence-corrected chi connectivity index (χ1v) is 5.51. The Morgan fingerprint density at radius 1 is 1.64 bits per heavy atom. The maximum Gasteiger partial charge on any atom is 0.223 e. The molecular weight excluding hydrogens is 176 g/mol. The highest BCUT2D eigenvalue weighted by Crippen LogP contribution is 2.51. The molecule has 0 heterocycles. The SMILES string of the molecule is CCCC(CN)NC(=O)C1CC1(C)C. The van der Waals surface area contributed by atoms with Crippen molar-refractivity contribution in [2.24, 2.45) is 17.1 Å². The van der Waals surface area contributed by atoms with Crippen LogP contribution in [0.3, 0.4) is 0 Å². The number of nitrogens with one attached hydrogen (secondary N) is 1. The molecule has 1 amide bonds. The zero-order chi connectivity index (χ0) is 10.8. The predicted octanol–water partition coefficient (Wildman–Crippen LogP) is 1.28. The minimum Gasteiger partial charge on any atom is -0.352 e. The van der Waals surface area contributed by atoms with Crippen molar-refractivity contribution in [2.45, 2.75) is 46.1 Å². The smallest absolute Gasteiger partial charge is 0.223 e. The monoisotopic (exact) mass is 198 g/mol. The molecule has 1 aliphatic carbocycles. The number of carbonyl (C=O) groups is 1. The Bertz CT molecular complexity index is 213. The summed E-state index contributed by atoms with van der Waals surface area (Å²) in [7, 11) is 0. The van der Waals surface area contributed by atoms with Gasteiger partial charge in [-0.2, -0.15) is 0 Å². The lowest BCUT2D eigenvalue weighted by atomic mass is 10.1. The van der Waals surface area contributed by atoms with E-state index in [2.05, 4.69) is 26.1 Å². The van der Waals surface area contributed by atoms with Gasteiger partial charge in [0.05, 0.1) is 0 Å². The molecule has 1 aliphatic rings. The lowest BCUT2D eigenvalue weighted by Gasteiger charge is -2.16. The van der Waals surface area contributed by atoms with Crippen LogP contribution in [0.25, 0.3) is 0 Å². The van der Waals surface area contributed by atoms with Crippen molar-refractivity contribution in [1.82, 2.24) is 5.32 Å². The third-order valence-corrected chi connectivity index (χ3v) is 3.10. The number of carbonyl (C=O) groups excluding carboxylic acids is 1. The molecule has 0 aromatic carbocycles. The van der Waals surface area contributed by atoms with Gasteiger partial charge in [-0.1, -0.05) is 27.2 Å². The lowest BCUT2D eigenvalue weighted by Crippen LogP contribution is -2.41. The second-order valence-corrected chi connectivity index (χ2v) is 4.98. The molecule has 1 fully saturated rings. The standard InChI is InChI=1S/C11H22N2O/c1-4-5-8(7-12)13-10(14)9-6-11(9,2)3/h8-9H,4-7,12H2,1-3H3,(H,13,14). The highest BCUT2D eigenvalue weighted by Gasteiger charge is 2.50. The van der Waals surface area contributed by atoms with Crippen molar-refractivity contribution in [2.75, 3.05) is 6.54 Å². The molecule has 0 aromatic rings. The summed E-state index contributed by atoms with van der Waals surface area (Å²) >= 11 is 0. The molecular formula is C11H22N2O. The molecule has 1 saturated carbocycles. The molecule has 3 nitrogen and oxygen atoms in total. The van der Waals surface area contributed by atoms with Crippen LogP contribution < -0.4 is 11.1 Å². The predicted molar refractivity (Wildman–Crippen MR) is 57.8 cm³/mol. The van der Waals surface area contributed by atoms with Gasteiger partial charge in [0.15, 0.2) is 0 Å². The Balaban J connectivity index is 2.33. The van der Waals surface area contributed by atoms with Gasteiger partial charge in [-0.25, -0.2) is 0 Å². The van der Waals surface area contributed by atoms with Crippen LogP contribution in [0.15, 0.2) is 0 Å². The molecule has 0 aromatic heterocycles. The quantitative estimate of drug-likeness (QED) is 0.699. The van der Waals surface area contributed by atoms with Crippen molar-refractivity contribution in [3.8, 4) is 0 Å². The van der Waals surface area contributed by atoms with E-state index in [0.717, 1.165) is 19.3 Å². The van der Waals surface area contributed by atoms with E-state index in [-0.39, 0.29) is 23.3 Å². The molecule has 2 unspecified atom stereocenters. The zero-order valence-corrected chi connectivity index (χ0v) is 9.47. The molecule has 1 rings (SSSR count). The number of hydrogen-bond acceptors (Lipinski definition) is 2. The van der Waals surface area contributed by atoms with Crippen LogP contribution in [0, 0.1) is 11.3 Å². The molecule has 0 spiro atoms. The summed E-state index contributed by atoms with van der Waals surface area (Å²) in [6.07, 6.45) is 3.06. The van der Waals surface area contributed by atoms with Gasteiger partial charge in [0, 0.05) is 18.5 Å². The van der Waals surface area contributed by atoms with Gasteiger partial charge in [-0.05, 0) is 18.3 Å². The van der Waals surface area contributed by atoms with E-state index in [1.54, 1.807) is 0 Å². The van der Waals surface area contributed by atoms with Crippen LogP contribution in [0.4, 0.5) is 0 Å². The topological polar surface area (TPSA) is 55.1 Å². The summed E-state index contributed by atoms with van der Waals surface area (Å²) < 4.78 is 0. The van der Waals surface area contributed by atoms with Crippen LogP contribution in [0.1, 0.15) is 40.0 Å². The zero-order valence-electron chi connectivity index (χ0n) is 9.47. The maximum atomic E-state index is 11.7. The van der Waals surface area contributed by atoms with E-state index >= 15 is 0 Å². The van der Waals surface area contributed by atoms with Crippen LogP contribution in [-0.2, 0) is 4.79 Å². The molecule has 2 atom stereocenters. The highest BCUT2D eigenvalue weighted by atomic mass is 16.2. The van der Waals surface area contributed by atoms with Gasteiger partial charge in [0.2, 0.25) is 5.91 Å². The number of amides is 1. The molecule has 82 valence electrons. The molecule has 14 heavy (non-hydrogen) atoms. The second-order valence-electron chi connectivity index (χ2n) is 4.98. The van der Waals surface area contributed by atoms with Crippen molar-refractivity contribution in [3.05, 3.63) is 0 Å². The van der Waals surface area contributed by atoms with Crippen molar-refractivity contribution in [1.29, 1.82) is 0 Å². The van der Waals surface area contributed by atoms with E-state index in [9.17, 15) is 4.79 Å². The van der Waals surface area contributed by atoms with Crippen LogP contribution in [0.2, 0.25) is 0 Å². The molecule has 0 radical (unpaired) electrons. The summed E-state index contributed by atoms with van der Waals surface area (Å²) in [5.41, 5.74) is 5.80. The van der Waals surface area contributed by atoms with Crippen LogP contribution in [0.5, 0.6) is 0 Å². The third-order valence-electron chi connectivity index (χ3n) is 3.10. The largest absolute Gasteiger partial charge is 0.352 e. The first kappa shape index (κ1) is 11.5. The fourth-order valence-electron chi connectivity index (χ4n) is 1.81. The lowest BCUT2D eigenvalue weighted by molar-refractivity contribution is -0.123. The number of nitrogens with two attached hydrogens (primary N) is 1. The molecule has 0 aliphatic heterocycles. The van der Waals surface area contributed by atoms with E-state index < -0.39 is 0 Å². The third kappa shape index (κ3) is 2.71. The Morgan fingerprint density at radius 2 is 2.21 bits per heavy atom. The van der Waals surface area contributed by atoms with Crippen LogP contribution in [-0.4, -0.2) is 18.5 Å². The maximum absolute atomic E-state index is 11.7. The summed E-state index contributed by atoms with van der Waals surface area (Å²) in [6.45, 7) is 6.92. The van der Waals surface area contributed by atoms with Gasteiger partial charge in [0.25, 0.3) is 0 Å². The van der Waals surface area contributed by atoms with Gasteiger partial charge in [-0.3, -0.25) is 4.79 Å². The average molecular weight is 198 g/mol. The number of rotatable bonds is 5. The minimum absolute atomic E-state index is 0.170. The van der Waals surface area contributed by atoms with Gasteiger partial charge in [-0.15, -0.1) is 0 Å². The summed E-state index contributed by atoms with van der Waals surface area (Å²) in [6, 6.07) is 0.170. The van der Waals surface area contributed by atoms with E-state index in [1.807, 2.05) is 0 Å². The normalized spacial score (nSPS) is 25.6.